The number of fused-ring (bicyclic) bond motifs is 6. The molecule has 140 valence electrons. The molecule has 3 heterocycles. The Morgan fingerprint density at radius 2 is 1.67 bits per heavy atom. The van der Waals surface area contributed by atoms with E-state index < -0.39 is 10.0 Å². The molecular formula is C22H24N2O2S. The monoisotopic (exact) mass is 380 g/mol. The van der Waals surface area contributed by atoms with Gasteiger partial charge in [0.2, 0.25) is 0 Å². The van der Waals surface area contributed by atoms with Crippen molar-refractivity contribution >= 4 is 20.9 Å². The summed E-state index contributed by atoms with van der Waals surface area (Å²) < 4.78 is 28.9. The van der Waals surface area contributed by atoms with Crippen LogP contribution in [0.3, 0.4) is 0 Å². The van der Waals surface area contributed by atoms with Gasteiger partial charge in [-0.25, -0.2) is 12.4 Å². The molecule has 4 nitrogen and oxygen atoms in total. The molecule has 2 aliphatic heterocycles. The average Bonchev–Trinajstić information content (AvgIpc) is 3.06. The van der Waals surface area contributed by atoms with Crippen molar-refractivity contribution in [2.24, 2.45) is 0 Å². The summed E-state index contributed by atoms with van der Waals surface area (Å²) in [6.45, 7) is 4.04. The molecule has 5 heteroatoms. The largest absolute Gasteiger partial charge is 0.296 e. The molecule has 1 saturated heterocycles. The lowest BCUT2D eigenvalue weighted by Crippen LogP contribution is -2.35. The molecule has 0 spiro atoms. The first-order valence-corrected chi connectivity index (χ1v) is 11.0. The summed E-state index contributed by atoms with van der Waals surface area (Å²) >= 11 is 0. The van der Waals surface area contributed by atoms with Crippen molar-refractivity contribution in [3.8, 4) is 0 Å². The topological polar surface area (TPSA) is 42.3 Å². The molecular weight excluding hydrogens is 356 g/mol. The van der Waals surface area contributed by atoms with Crippen LogP contribution in [0.1, 0.15) is 41.3 Å². The molecule has 0 radical (unpaired) electrons. The van der Waals surface area contributed by atoms with Crippen LogP contribution in [0.25, 0.3) is 10.9 Å². The van der Waals surface area contributed by atoms with Crippen LogP contribution in [0, 0.1) is 13.8 Å². The second-order valence-corrected chi connectivity index (χ2v) is 9.87. The SMILES string of the molecule is Cc1ccc(S(=O)(=O)n2c3c(c4cc(C)ccc42)[C@H]2CC[C@H](C3)N2C)cc1. The van der Waals surface area contributed by atoms with Crippen LogP contribution in [-0.2, 0) is 16.4 Å². The van der Waals surface area contributed by atoms with Crippen LogP contribution in [0.5, 0.6) is 0 Å². The number of likely N-dealkylation sites (N-methyl/N-ethyl adjacent to an activating group) is 1. The zero-order valence-electron chi connectivity index (χ0n) is 15.9. The maximum absolute atomic E-state index is 13.6. The minimum atomic E-state index is -3.63. The summed E-state index contributed by atoms with van der Waals surface area (Å²) in [4.78, 5) is 2.80. The van der Waals surface area contributed by atoms with E-state index in [1.165, 1.54) is 5.56 Å². The molecule has 0 saturated carbocycles. The standard InChI is InChI=1S/C22H24N2O2S/c1-14-4-8-17(9-5-14)27(25,26)24-19-10-6-15(2)12-18(19)22-20-11-7-16(23(20)3)13-21(22)24/h4-6,8-10,12,16,20H,7,11,13H2,1-3H3/t16-,20-/m1/s1. The van der Waals surface area contributed by atoms with Crippen molar-refractivity contribution in [2.45, 2.75) is 50.1 Å². The predicted molar refractivity (Wildman–Crippen MR) is 108 cm³/mol. The molecule has 0 unspecified atom stereocenters. The molecule has 27 heavy (non-hydrogen) atoms. The average molecular weight is 381 g/mol. The Morgan fingerprint density at radius 1 is 0.963 bits per heavy atom. The van der Waals surface area contributed by atoms with Gasteiger partial charge in [0.15, 0.2) is 0 Å². The summed E-state index contributed by atoms with van der Waals surface area (Å²) in [5, 5.41) is 1.10. The highest BCUT2D eigenvalue weighted by Crippen LogP contribution is 2.47. The van der Waals surface area contributed by atoms with Gasteiger partial charge in [-0.2, -0.15) is 0 Å². The lowest BCUT2D eigenvalue weighted by atomic mass is 9.97. The fourth-order valence-electron chi connectivity index (χ4n) is 4.94. The maximum atomic E-state index is 13.6. The Bertz CT molecular complexity index is 1160. The van der Waals surface area contributed by atoms with Gasteiger partial charge in [-0.15, -0.1) is 0 Å². The second kappa shape index (κ2) is 5.69. The summed E-state index contributed by atoms with van der Waals surface area (Å²) in [5.74, 6) is 0. The molecule has 0 aliphatic carbocycles. The number of hydrogen-bond donors (Lipinski definition) is 0. The molecule has 5 rings (SSSR count). The lowest BCUT2D eigenvalue weighted by molar-refractivity contribution is 0.224. The fourth-order valence-corrected chi connectivity index (χ4v) is 6.51. The summed E-state index contributed by atoms with van der Waals surface area (Å²) in [6, 6.07) is 14.1. The van der Waals surface area contributed by atoms with Gasteiger partial charge in [-0.3, -0.25) is 4.90 Å². The molecule has 0 amide bonds. The van der Waals surface area contributed by atoms with Gasteiger partial charge in [0.25, 0.3) is 10.0 Å². The summed E-state index contributed by atoms with van der Waals surface area (Å²) in [5.41, 5.74) is 5.25. The van der Waals surface area contributed by atoms with Gasteiger partial charge in [-0.1, -0.05) is 29.3 Å². The first-order chi connectivity index (χ1) is 12.9. The van der Waals surface area contributed by atoms with Crippen LogP contribution in [0.2, 0.25) is 0 Å². The van der Waals surface area contributed by atoms with E-state index in [1.54, 1.807) is 16.1 Å². The molecule has 2 aromatic carbocycles. The molecule has 0 N–H and O–H groups in total. The molecule has 1 aromatic heterocycles. The van der Waals surface area contributed by atoms with Crippen molar-refractivity contribution in [1.29, 1.82) is 0 Å². The zero-order chi connectivity index (χ0) is 18.9. The number of rotatable bonds is 2. The van der Waals surface area contributed by atoms with Gasteiger partial charge < -0.3 is 0 Å². The predicted octanol–water partition coefficient (Wildman–Crippen LogP) is 4.19. The third-order valence-corrected chi connectivity index (χ3v) is 8.15. The number of nitrogens with zero attached hydrogens (tertiary/aromatic N) is 2. The van der Waals surface area contributed by atoms with E-state index in [2.05, 4.69) is 24.9 Å². The Morgan fingerprint density at radius 3 is 2.41 bits per heavy atom. The highest BCUT2D eigenvalue weighted by Gasteiger charge is 2.42. The van der Waals surface area contributed by atoms with E-state index in [4.69, 9.17) is 0 Å². The zero-order valence-corrected chi connectivity index (χ0v) is 16.8. The molecule has 2 aliphatic rings. The van der Waals surface area contributed by atoms with Gasteiger partial charge in [0.05, 0.1) is 10.4 Å². The Labute approximate surface area is 160 Å². The highest BCUT2D eigenvalue weighted by atomic mass is 32.2. The van der Waals surface area contributed by atoms with Crippen LogP contribution in [-0.4, -0.2) is 30.4 Å². The van der Waals surface area contributed by atoms with Crippen LogP contribution in [0.15, 0.2) is 47.4 Å². The minimum absolute atomic E-state index is 0.317. The second-order valence-electron chi connectivity index (χ2n) is 8.08. The van der Waals surface area contributed by atoms with Crippen LogP contribution in [0.4, 0.5) is 0 Å². The van der Waals surface area contributed by atoms with Gasteiger partial charge in [0, 0.05) is 29.6 Å². The van der Waals surface area contributed by atoms with Crippen molar-refractivity contribution < 1.29 is 8.42 Å². The van der Waals surface area contributed by atoms with E-state index in [9.17, 15) is 8.42 Å². The molecule has 3 aromatic rings. The number of aromatic nitrogens is 1. The Balaban J connectivity index is 1.84. The van der Waals surface area contributed by atoms with E-state index >= 15 is 0 Å². The van der Waals surface area contributed by atoms with Crippen molar-refractivity contribution in [3.63, 3.8) is 0 Å². The summed E-state index contributed by atoms with van der Waals surface area (Å²) in [6.07, 6.45) is 3.03. The summed E-state index contributed by atoms with van der Waals surface area (Å²) in [7, 11) is -1.45. The van der Waals surface area contributed by atoms with Gasteiger partial charge in [0.1, 0.15) is 0 Å². The first-order valence-electron chi connectivity index (χ1n) is 9.56. The van der Waals surface area contributed by atoms with Gasteiger partial charge in [-0.05, 0) is 63.6 Å². The van der Waals surface area contributed by atoms with E-state index in [1.807, 2.05) is 31.2 Å². The third kappa shape index (κ3) is 2.34. The molecule has 1 fully saturated rings. The first kappa shape index (κ1) is 17.0. The van der Waals surface area contributed by atoms with Gasteiger partial charge >= 0.3 is 0 Å². The Kier molecular flexibility index (Phi) is 3.59. The number of aryl methyl sites for hydroxylation is 2. The quantitative estimate of drug-likeness (QED) is 0.670. The number of benzene rings is 2. The van der Waals surface area contributed by atoms with Crippen LogP contribution >= 0.6 is 0 Å². The highest BCUT2D eigenvalue weighted by molar-refractivity contribution is 7.90. The Hall–Kier alpha value is -2.11. The fraction of sp³-hybridized carbons (Fsp3) is 0.364. The number of hydrogen-bond acceptors (Lipinski definition) is 3. The van der Waals surface area contributed by atoms with E-state index in [-0.39, 0.29) is 0 Å². The maximum Gasteiger partial charge on any atom is 0.268 e. The van der Waals surface area contributed by atoms with E-state index in [0.717, 1.165) is 47.0 Å². The van der Waals surface area contributed by atoms with E-state index in [0.29, 0.717) is 17.0 Å². The van der Waals surface area contributed by atoms with Crippen molar-refractivity contribution in [1.82, 2.24) is 8.87 Å². The third-order valence-electron chi connectivity index (χ3n) is 6.38. The van der Waals surface area contributed by atoms with Crippen molar-refractivity contribution in [2.75, 3.05) is 7.05 Å². The van der Waals surface area contributed by atoms with Crippen molar-refractivity contribution in [3.05, 3.63) is 64.8 Å². The molecule has 2 bridgehead atoms. The normalized spacial score (nSPS) is 22.3. The lowest BCUT2D eigenvalue weighted by Gasteiger charge is -2.32. The smallest absolute Gasteiger partial charge is 0.268 e. The minimum Gasteiger partial charge on any atom is -0.296 e. The molecule has 2 atom stereocenters. The van der Waals surface area contributed by atoms with Crippen LogP contribution < -0.4 is 0 Å².